The highest BCUT2D eigenvalue weighted by Gasteiger charge is 2.16. The van der Waals surface area contributed by atoms with Crippen molar-refractivity contribution in [3.63, 3.8) is 0 Å². The summed E-state index contributed by atoms with van der Waals surface area (Å²) in [5.41, 5.74) is 0.257. The second kappa shape index (κ2) is 3.70. The quantitative estimate of drug-likeness (QED) is 0.297. The number of carbonyl (C=O) groups is 1. The minimum absolute atomic E-state index is 0.157. The predicted molar refractivity (Wildman–Crippen MR) is 43.5 cm³/mol. The largest absolute Gasteiger partial charge is 0.464 e. The number of nitrogens with zero attached hydrogens (tertiary/aromatic N) is 3. The molecule has 0 saturated heterocycles. The van der Waals surface area contributed by atoms with E-state index in [1.54, 1.807) is 13.2 Å². The van der Waals surface area contributed by atoms with Crippen molar-refractivity contribution in [2.45, 2.75) is 0 Å². The van der Waals surface area contributed by atoms with Gasteiger partial charge in [-0.25, -0.2) is 4.79 Å². The van der Waals surface area contributed by atoms with Crippen LogP contribution in [0.4, 0.5) is 0 Å². The van der Waals surface area contributed by atoms with Crippen LogP contribution in [0.3, 0.4) is 0 Å². The van der Waals surface area contributed by atoms with E-state index in [9.17, 15) is 4.79 Å². The van der Waals surface area contributed by atoms with Gasteiger partial charge in [0.05, 0.1) is 13.3 Å². The third-order valence-electron chi connectivity index (χ3n) is 1.46. The zero-order valence-corrected chi connectivity index (χ0v) is 7.26. The average Bonchev–Trinajstić information content (AvgIpc) is 2.53. The van der Waals surface area contributed by atoms with Crippen molar-refractivity contribution in [1.29, 1.82) is 0 Å². The number of hydrogen-bond acceptors (Lipinski definition) is 5. The Morgan fingerprint density at radius 1 is 1.77 bits per heavy atom. The van der Waals surface area contributed by atoms with E-state index in [2.05, 4.69) is 15.0 Å². The summed E-state index contributed by atoms with van der Waals surface area (Å²) in [5.74, 6) is -0.699. The van der Waals surface area contributed by atoms with E-state index >= 15 is 0 Å². The number of aromatic nitrogens is 2. The van der Waals surface area contributed by atoms with Crippen LogP contribution in [-0.4, -0.2) is 33.8 Å². The standard InChI is InChI=1S/C7H9N3O3/c1-10-4-5(3-8-10)6(9-12)7(11)13-2/h3-4,12H,1-2H3. The molecule has 0 aromatic carbocycles. The Bertz CT molecular complexity index is 343. The van der Waals surface area contributed by atoms with E-state index in [4.69, 9.17) is 5.21 Å². The third-order valence-corrected chi connectivity index (χ3v) is 1.46. The number of ether oxygens (including phenoxy) is 1. The fraction of sp³-hybridized carbons (Fsp3) is 0.286. The maximum atomic E-state index is 11.0. The van der Waals surface area contributed by atoms with Gasteiger partial charge in [0.2, 0.25) is 0 Å². The number of carbonyl (C=O) groups excluding carboxylic acids is 1. The molecule has 0 saturated carbocycles. The topological polar surface area (TPSA) is 76.7 Å². The van der Waals surface area contributed by atoms with Crippen LogP contribution in [0.25, 0.3) is 0 Å². The van der Waals surface area contributed by atoms with E-state index in [1.807, 2.05) is 0 Å². The van der Waals surface area contributed by atoms with Crippen molar-refractivity contribution in [3.05, 3.63) is 18.0 Å². The highest BCUT2D eigenvalue weighted by atomic mass is 16.5. The summed E-state index contributed by atoms with van der Waals surface area (Å²) in [4.78, 5) is 11.0. The summed E-state index contributed by atoms with van der Waals surface area (Å²) >= 11 is 0. The Morgan fingerprint density at radius 3 is 2.85 bits per heavy atom. The summed E-state index contributed by atoms with van der Waals surface area (Å²) in [6.45, 7) is 0. The van der Waals surface area contributed by atoms with Crippen LogP contribution in [-0.2, 0) is 16.6 Å². The molecule has 6 heteroatoms. The fourth-order valence-electron chi connectivity index (χ4n) is 0.857. The lowest BCUT2D eigenvalue weighted by Gasteiger charge is -1.97. The van der Waals surface area contributed by atoms with Gasteiger partial charge >= 0.3 is 5.97 Å². The van der Waals surface area contributed by atoms with Crippen molar-refractivity contribution in [2.75, 3.05) is 7.11 Å². The average molecular weight is 183 g/mol. The van der Waals surface area contributed by atoms with Gasteiger partial charge in [0, 0.05) is 18.8 Å². The summed E-state index contributed by atoms with van der Waals surface area (Å²) in [6, 6.07) is 0. The molecule has 0 fully saturated rings. The molecule has 0 atom stereocenters. The molecule has 1 rings (SSSR count). The van der Waals surface area contributed by atoms with Crippen molar-refractivity contribution in [2.24, 2.45) is 12.2 Å². The second-order valence-electron chi connectivity index (χ2n) is 2.34. The minimum Gasteiger partial charge on any atom is -0.464 e. The first-order chi connectivity index (χ1) is 6.19. The Labute approximate surface area is 74.4 Å². The van der Waals surface area contributed by atoms with E-state index in [1.165, 1.54) is 18.0 Å². The highest BCUT2D eigenvalue weighted by Crippen LogP contribution is 2.00. The summed E-state index contributed by atoms with van der Waals surface area (Å²) in [6.07, 6.45) is 2.96. The predicted octanol–water partition coefficient (Wildman–Crippen LogP) is -0.229. The lowest BCUT2D eigenvalue weighted by atomic mass is 10.2. The van der Waals surface area contributed by atoms with E-state index in [0.29, 0.717) is 5.56 Å². The first kappa shape index (κ1) is 9.24. The number of oxime groups is 1. The van der Waals surface area contributed by atoms with Crippen LogP contribution in [0.5, 0.6) is 0 Å². The molecule has 1 aromatic heterocycles. The summed E-state index contributed by atoms with van der Waals surface area (Å²) < 4.78 is 5.89. The zero-order chi connectivity index (χ0) is 9.84. The number of hydrogen-bond donors (Lipinski definition) is 1. The number of rotatable bonds is 2. The van der Waals surface area contributed by atoms with Crippen molar-refractivity contribution < 1.29 is 14.7 Å². The Balaban J connectivity index is 2.99. The molecule has 0 spiro atoms. The molecule has 13 heavy (non-hydrogen) atoms. The fourth-order valence-corrected chi connectivity index (χ4v) is 0.857. The van der Waals surface area contributed by atoms with E-state index < -0.39 is 5.97 Å². The molecule has 0 radical (unpaired) electrons. The molecular formula is C7H9N3O3. The molecular weight excluding hydrogens is 174 g/mol. The van der Waals surface area contributed by atoms with Crippen molar-refractivity contribution in [3.8, 4) is 0 Å². The molecule has 70 valence electrons. The molecule has 1 aromatic rings. The SMILES string of the molecule is COC(=O)C(=NO)c1cnn(C)c1. The lowest BCUT2D eigenvalue weighted by molar-refractivity contribution is -0.132. The van der Waals surface area contributed by atoms with Crippen molar-refractivity contribution in [1.82, 2.24) is 9.78 Å². The van der Waals surface area contributed by atoms with Gasteiger partial charge in [0.25, 0.3) is 0 Å². The first-order valence-corrected chi connectivity index (χ1v) is 3.48. The molecule has 1 N–H and O–H groups in total. The van der Waals surface area contributed by atoms with Gasteiger partial charge in [-0.2, -0.15) is 5.10 Å². The smallest absolute Gasteiger partial charge is 0.360 e. The molecule has 0 aliphatic rings. The molecule has 0 amide bonds. The second-order valence-corrected chi connectivity index (χ2v) is 2.34. The van der Waals surface area contributed by atoms with Gasteiger partial charge in [0.15, 0.2) is 5.71 Å². The monoisotopic (exact) mass is 183 g/mol. The van der Waals surface area contributed by atoms with Gasteiger partial charge in [-0.05, 0) is 0 Å². The van der Waals surface area contributed by atoms with Crippen LogP contribution in [0.2, 0.25) is 0 Å². The van der Waals surface area contributed by atoms with Gasteiger partial charge in [0.1, 0.15) is 0 Å². The lowest BCUT2D eigenvalue weighted by Crippen LogP contribution is -2.16. The Hall–Kier alpha value is -1.85. The number of aryl methyl sites for hydroxylation is 1. The van der Waals surface area contributed by atoms with Gasteiger partial charge in [-0.3, -0.25) is 4.68 Å². The van der Waals surface area contributed by atoms with Crippen LogP contribution in [0.1, 0.15) is 5.56 Å². The first-order valence-electron chi connectivity index (χ1n) is 3.48. The third kappa shape index (κ3) is 1.84. The maximum Gasteiger partial charge on any atom is 0.360 e. The molecule has 0 unspecified atom stereocenters. The Kier molecular flexibility index (Phi) is 2.63. The molecule has 1 heterocycles. The molecule has 6 nitrogen and oxygen atoms in total. The summed E-state index contributed by atoms with van der Waals surface area (Å²) in [7, 11) is 2.90. The van der Waals surface area contributed by atoms with Gasteiger partial charge < -0.3 is 9.94 Å². The Morgan fingerprint density at radius 2 is 2.46 bits per heavy atom. The van der Waals surface area contributed by atoms with Gasteiger partial charge in [-0.1, -0.05) is 5.16 Å². The zero-order valence-electron chi connectivity index (χ0n) is 7.26. The van der Waals surface area contributed by atoms with Crippen LogP contribution >= 0.6 is 0 Å². The number of esters is 1. The van der Waals surface area contributed by atoms with Crippen molar-refractivity contribution >= 4 is 11.7 Å². The van der Waals surface area contributed by atoms with Crippen LogP contribution < -0.4 is 0 Å². The molecule has 0 aliphatic carbocycles. The normalized spacial score (nSPS) is 11.4. The van der Waals surface area contributed by atoms with Crippen LogP contribution in [0.15, 0.2) is 17.5 Å². The highest BCUT2D eigenvalue weighted by molar-refractivity contribution is 6.42. The maximum absolute atomic E-state index is 11.0. The van der Waals surface area contributed by atoms with E-state index in [0.717, 1.165) is 0 Å². The molecule has 0 bridgehead atoms. The van der Waals surface area contributed by atoms with Crippen LogP contribution in [0, 0.1) is 0 Å². The summed E-state index contributed by atoms with van der Waals surface area (Å²) in [5, 5.41) is 15.2. The molecule has 0 aliphatic heterocycles. The van der Waals surface area contributed by atoms with Gasteiger partial charge in [-0.15, -0.1) is 0 Å². The minimum atomic E-state index is -0.699. The van der Waals surface area contributed by atoms with E-state index in [-0.39, 0.29) is 5.71 Å². The number of methoxy groups -OCH3 is 1.